The van der Waals surface area contributed by atoms with Gasteiger partial charge in [-0.2, -0.15) is 5.10 Å². The quantitative estimate of drug-likeness (QED) is 0.609. The van der Waals surface area contributed by atoms with Crippen molar-refractivity contribution in [3.8, 4) is 11.3 Å². The zero-order valence-corrected chi connectivity index (χ0v) is 14.0. The maximum Gasteiger partial charge on any atom is 0.228 e. The zero-order chi connectivity index (χ0) is 17.7. The van der Waals surface area contributed by atoms with Crippen molar-refractivity contribution < 1.29 is 4.39 Å². The predicted molar refractivity (Wildman–Crippen MR) is 92.8 cm³/mol. The third-order valence-electron chi connectivity index (χ3n) is 4.50. The van der Waals surface area contributed by atoms with Gasteiger partial charge in [-0.15, -0.1) is 10.2 Å². The van der Waals surface area contributed by atoms with Crippen LogP contribution in [0.15, 0.2) is 36.7 Å². The Morgan fingerprint density at radius 3 is 2.92 bits per heavy atom. The second-order valence-corrected chi connectivity index (χ2v) is 6.28. The Hall–Kier alpha value is -3.36. The zero-order valence-electron chi connectivity index (χ0n) is 14.0. The standard InChI is InChI=1S/C17H15FN8/c1-25-14(3-5-20-25)22-17-19-4-2-13(21-17)10-6-12-8-11(18)9-16-24-23-15(7-10)26(12)16/h2-7,11H,8-9H2,1H3,(H,19,21,22). The minimum Gasteiger partial charge on any atom is -0.309 e. The highest BCUT2D eigenvalue weighted by molar-refractivity contribution is 5.66. The Labute approximate surface area is 147 Å². The summed E-state index contributed by atoms with van der Waals surface area (Å²) in [7, 11) is 1.83. The topological polar surface area (TPSA) is 85.8 Å². The number of anilines is 2. The fourth-order valence-electron chi connectivity index (χ4n) is 3.28. The van der Waals surface area contributed by atoms with Gasteiger partial charge >= 0.3 is 0 Å². The minimum absolute atomic E-state index is 0.305. The van der Waals surface area contributed by atoms with Crippen molar-refractivity contribution in [2.45, 2.75) is 19.0 Å². The van der Waals surface area contributed by atoms with Crippen LogP contribution in [0, 0.1) is 0 Å². The number of aryl methyl sites for hydroxylation is 1. The molecule has 130 valence electrons. The Kier molecular flexibility index (Phi) is 3.21. The van der Waals surface area contributed by atoms with E-state index in [1.165, 1.54) is 0 Å². The fraction of sp³-hybridized carbons (Fsp3) is 0.235. The van der Waals surface area contributed by atoms with E-state index in [2.05, 4.69) is 30.6 Å². The third-order valence-corrected chi connectivity index (χ3v) is 4.50. The van der Waals surface area contributed by atoms with Gasteiger partial charge in [0.2, 0.25) is 5.95 Å². The van der Waals surface area contributed by atoms with E-state index in [1.807, 2.05) is 35.7 Å². The molecule has 0 spiro atoms. The van der Waals surface area contributed by atoms with E-state index >= 15 is 0 Å². The maximum absolute atomic E-state index is 14.0. The van der Waals surface area contributed by atoms with E-state index in [0.717, 1.165) is 22.8 Å². The van der Waals surface area contributed by atoms with Crippen LogP contribution in [0.25, 0.3) is 16.9 Å². The predicted octanol–water partition coefficient (Wildman–Crippen LogP) is 2.10. The molecule has 26 heavy (non-hydrogen) atoms. The summed E-state index contributed by atoms with van der Waals surface area (Å²) < 4.78 is 17.6. The molecule has 0 bridgehead atoms. The van der Waals surface area contributed by atoms with Crippen molar-refractivity contribution in [3.05, 3.63) is 48.2 Å². The summed E-state index contributed by atoms with van der Waals surface area (Å²) in [5.74, 6) is 1.92. The summed E-state index contributed by atoms with van der Waals surface area (Å²) in [6, 6.07) is 7.52. The number of pyridine rings is 1. The maximum atomic E-state index is 14.0. The SMILES string of the molecule is Cn1nccc1Nc1nccc(-c2cc3n4c(nnc4c2)CC(F)C3)n1. The molecule has 1 N–H and O–H groups in total. The Bertz CT molecular complexity index is 1120. The highest BCUT2D eigenvalue weighted by atomic mass is 19.1. The number of nitrogens with one attached hydrogen (secondary N) is 1. The Morgan fingerprint density at radius 1 is 1.15 bits per heavy atom. The largest absolute Gasteiger partial charge is 0.309 e. The molecule has 4 aromatic rings. The smallest absolute Gasteiger partial charge is 0.228 e. The lowest BCUT2D eigenvalue weighted by Crippen LogP contribution is -2.20. The second-order valence-electron chi connectivity index (χ2n) is 6.28. The first kappa shape index (κ1) is 14.9. The van der Waals surface area contributed by atoms with E-state index in [-0.39, 0.29) is 0 Å². The first-order valence-corrected chi connectivity index (χ1v) is 8.27. The average molecular weight is 350 g/mol. The lowest BCUT2D eigenvalue weighted by molar-refractivity contribution is 0.309. The highest BCUT2D eigenvalue weighted by Gasteiger charge is 2.23. The number of alkyl halides is 1. The lowest BCUT2D eigenvalue weighted by Gasteiger charge is -2.17. The van der Waals surface area contributed by atoms with E-state index in [4.69, 9.17) is 0 Å². The number of nitrogens with zero attached hydrogens (tertiary/aromatic N) is 7. The molecule has 0 aromatic carbocycles. The van der Waals surface area contributed by atoms with Crippen LogP contribution in [0.3, 0.4) is 0 Å². The van der Waals surface area contributed by atoms with Crippen molar-refractivity contribution in [2.75, 3.05) is 5.32 Å². The van der Waals surface area contributed by atoms with Crippen molar-refractivity contribution in [3.63, 3.8) is 0 Å². The van der Waals surface area contributed by atoms with Gasteiger partial charge in [0.15, 0.2) is 5.65 Å². The van der Waals surface area contributed by atoms with Gasteiger partial charge in [-0.25, -0.2) is 14.4 Å². The molecular formula is C17H15FN8. The summed E-state index contributed by atoms with van der Waals surface area (Å²) in [5.41, 5.74) is 3.15. The molecule has 0 amide bonds. The summed E-state index contributed by atoms with van der Waals surface area (Å²) in [6.07, 6.45) is 3.10. The van der Waals surface area contributed by atoms with Crippen molar-refractivity contribution in [1.29, 1.82) is 0 Å². The van der Waals surface area contributed by atoms with Crippen molar-refractivity contribution in [1.82, 2.24) is 34.3 Å². The molecule has 1 aliphatic rings. The van der Waals surface area contributed by atoms with Crippen LogP contribution in [-0.2, 0) is 19.9 Å². The van der Waals surface area contributed by atoms with E-state index < -0.39 is 6.17 Å². The summed E-state index contributed by atoms with van der Waals surface area (Å²) in [5, 5.41) is 15.5. The molecule has 0 fully saturated rings. The van der Waals surface area contributed by atoms with Crippen LogP contribution in [0.5, 0.6) is 0 Å². The normalized spacial score (nSPS) is 16.2. The Morgan fingerprint density at radius 2 is 2.08 bits per heavy atom. The van der Waals surface area contributed by atoms with Gasteiger partial charge in [-0.3, -0.25) is 9.08 Å². The van der Waals surface area contributed by atoms with Crippen LogP contribution in [0.2, 0.25) is 0 Å². The molecule has 1 aliphatic heterocycles. The minimum atomic E-state index is -0.933. The molecule has 5 heterocycles. The fourth-order valence-corrected chi connectivity index (χ4v) is 3.28. The molecule has 0 saturated carbocycles. The molecule has 1 atom stereocenters. The van der Waals surface area contributed by atoms with Gasteiger partial charge in [-0.1, -0.05) is 0 Å². The van der Waals surface area contributed by atoms with Gasteiger partial charge in [-0.05, 0) is 18.2 Å². The molecule has 0 radical (unpaired) electrons. The van der Waals surface area contributed by atoms with Crippen molar-refractivity contribution >= 4 is 17.4 Å². The number of rotatable bonds is 3. The number of halogens is 1. The molecule has 0 aliphatic carbocycles. The second kappa shape index (κ2) is 5.58. The van der Waals surface area contributed by atoms with Gasteiger partial charge in [0, 0.05) is 43.4 Å². The van der Waals surface area contributed by atoms with Crippen LogP contribution in [-0.4, -0.2) is 40.5 Å². The van der Waals surface area contributed by atoms with Crippen LogP contribution >= 0.6 is 0 Å². The van der Waals surface area contributed by atoms with E-state index in [1.54, 1.807) is 17.1 Å². The molecular weight excluding hydrogens is 335 g/mol. The summed E-state index contributed by atoms with van der Waals surface area (Å²) >= 11 is 0. The number of hydrogen-bond donors (Lipinski definition) is 1. The van der Waals surface area contributed by atoms with Crippen LogP contribution in [0.4, 0.5) is 16.2 Å². The third kappa shape index (κ3) is 2.40. The monoisotopic (exact) mass is 350 g/mol. The van der Waals surface area contributed by atoms with Crippen LogP contribution in [0.1, 0.15) is 11.5 Å². The number of hydrogen-bond acceptors (Lipinski definition) is 6. The molecule has 4 aromatic heterocycles. The van der Waals surface area contributed by atoms with E-state index in [9.17, 15) is 4.39 Å². The average Bonchev–Trinajstić information content (AvgIpc) is 3.22. The van der Waals surface area contributed by atoms with Gasteiger partial charge < -0.3 is 5.32 Å². The molecule has 8 nitrogen and oxygen atoms in total. The molecule has 0 saturated heterocycles. The Balaban J connectivity index is 1.56. The van der Waals surface area contributed by atoms with Gasteiger partial charge in [0.25, 0.3) is 0 Å². The van der Waals surface area contributed by atoms with Crippen LogP contribution < -0.4 is 5.32 Å². The molecule has 5 rings (SSSR count). The first-order valence-electron chi connectivity index (χ1n) is 8.27. The summed E-state index contributed by atoms with van der Waals surface area (Å²) in [4.78, 5) is 8.83. The lowest BCUT2D eigenvalue weighted by atomic mass is 10.0. The first-order chi connectivity index (χ1) is 12.7. The number of aromatic nitrogens is 7. The van der Waals surface area contributed by atoms with Crippen molar-refractivity contribution in [2.24, 2.45) is 7.05 Å². The summed E-state index contributed by atoms with van der Waals surface area (Å²) in [6.45, 7) is 0. The molecule has 9 heteroatoms. The van der Waals surface area contributed by atoms with Gasteiger partial charge in [0.05, 0.1) is 11.9 Å². The van der Waals surface area contributed by atoms with Gasteiger partial charge in [0.1, 0.15) is 17.8 Å². The highest BCUT2D eigenvalue weighted by Crippen LogP contribution is 2.27. The molecule has 1 unspecified atom stereocenters. The van der Waals surface area contributed by atoms with E-state index in [0.29, 0.717) is 30.3 Å².